The Bertz CT molecular complexity index is 798. The first-order valence-corrected chi connectivity index (χ1v) is 7.89. The van der Waals surface area contributed by atoms with E-state index in [2.05, 4.69) is 15.9 Å². The van der Waals surface area contributed by atoms with Crippen molar-refractivity contribution < 1.29 is 9.52 Å². The van der Waals surface area contributed by atoms with Crippen LogP contribution < -0.4 is 0 Å². The Hall–Kier alpha value is -1.00. The summed E-state index contributed by atoms with van der Waals surface area (Å²) in [5.41, 5.74) is 1.56. The standard InChI is InChI=1S/C16H11BrCl2O2/c17-12-3-1-2-10-7-15(21-16(10)12)14(20)6-9-4-5-11(18)8-13(9)19/h1-5,7-8,14,20H,6H2. The molecular weight excluding hydrogens is 375 g/mol. The zero-order valence-corrected chi connectivity index (χ0v) is 13.9. The van der Waals surface area contributed by atoms with Gasteiger partial charge in [-0.1, -0.05) is 41.4 Å². The highest BCUT2D eigenvalue weighted by atomic mass is 79.9. The number of halogens is 3. The van der Waals surface area contributed by atoms with Gasteiger partial charge in [-0.2, -0.15) is 0 Å². The number of fused-ring (bicyclic) bond motifs is 1. The number of para-hydroxylation sites is 1. The van der Waals surface area contributed by atoms with Gasteiger partial charge in [-0.3, -0.25) is 0 Å². The molecule has 0 saturated carbocycles. The second kappa shape index (κ2) is 6.01. The lowest BCUT2D eigenvalue weighted by Gasteiger charge is -2.09. The minimum atomic E-state index is -0.761. The molecule has 0 aliphatic carbocycles. The normalized spacial score (nSPS) is 12.8. The molecule has 0 radical (unpaired) electrons. The minimum Gasteiger partial charge on any atom is -0.457 e. The van der Waals surface area contributed by atoms with Crippen molar-refractivity contribution in [3.63, 3.8) is 0 Å². The van der Waals surface area contributed by atoms with E-state index in [1.54, 1.807) is 12.1 Å². The first-order chi connectivity index (χ1) is 10.0. The molecule has 2 aromatic carbocycles. The van der Waals surface area contributed by atoms with Crippen molar-refractivity contribution in [2.75, 3.05) is 0 Å². The summed E-state index contributed by atoms with van der Waals surface area (Å²) in [7, 11) is 0. The van der Waals surface area contributed by atoms with Crippen molar-refractivity contribution in [1.29, 1.82) is 0 Å². The molecule has 1 aromatic heterocycles. The van der Waals surface area contributed by atoms with E-state index < -0.39 is 6.10 Å². The van der Waals surface area contributed by atoms with Crippen LogP contribution in [0.2, 0.25) is 10.0 Å². The highest BCUT2D eigenvalue weighted by molar-refractivity contribution is 9.10. The topological polar surface area (TPSA) is 33.4 Å². The van der Waals surface area contributed by atoms with Crippen molar-refractivity contribution in [2.24, 2.45) is 0 Å². The van der Waals surface area contributed by atoms with Gasteiger partial charge in [-0.05, 0) is 45.8 Å². The Labute approximate surface area is 140 Å². The van der Waals surface area contributed by atoms with Crippen molar-refractivity contribution in [2.45, 2.75) is 12.5 Å². The molecule has 0 saturated heterocycles. The molecule has 1 N–H and O–H groups in total. The Balaban J connectivity index is 1.90. The summed E-state index contributed by atoms with van der Waals surface area (Å²) in [6.07, 6.45) is -0.393. The summed E-state index contributed by atoms with van der Waals surface area (Å²) < 4.78 is 6.59. The zero-order chi connectivity index (χ0) is 15.0. The summed E-state index contributed by atoms with van der Waals surface area (Å²) >= 11 is 15.4. The number of hydrogen-bond donors (Lipinski definition) is 1. The molecule has 1 heterocycles. The first-order valence-electron chi connectivity index (χ1n) is 6.34. The van der Waals surface area contributed by atoms with Gasteiger partial charge in [0.2, 0.25) is 0 Å². The third-order valence-corrected chi connectivity index (χ3v) is 4.48. The van der Waals surface area contributed by atoms with E-state index in [0.29, 0.717) is 22.2 Å². The maximum atomic E-state index is 10.4. The average Bonchev–Trinajstić information content (AvgIpc) is 2.87. The molecule has 1 atom stereocenters. The van der Waals surface area contributed by atoms with E-state index in [9.17, 15) is 5.11 Å². The SMILES string of the molecule is OC(Cc1ccc(Cl)cc1Cl)c1cc2cccc(Br)c2o1. The molecule has 0 fully saturated rings. The second-order valence-corrected chi connectivity index (χ2v) is 6.46. The third kappa shape index (κ3) is 3.11. The number of benzene rings is 2. The molecule has 1 unspecified atom stereocenters. The van der Waals surface area contributed by atoms with Crippen LogP contribution in [-0.2, 0) is 6.42 Å². The number of hydrogen-bond acceptors (Lipinski definition) is 2. The molecule has 0 spiro atoms. The highest BCUT2D eigenvalue weighted by Crippen LogP contribution is 2.32. The van der Waals surface area contributed by atoms with Crippen LogP contribution in [0.5, 0.6) is 0 Å². The lowest BCUT2D eigenvalue weighted by molar-refractivity contribution is 0.152. The fraction of sp³-hybridized carbons (Fsp3) is 0.125. The van der Waals surface area contributed by atoms with Crippen LogP contribution in [0.1, 0.15) is 17.4 Å². The van der Waals surface area contributed by atoms with Crippen LogP contribution >= 0.6 is 39.1 Å². The van der Waals surface area contributed by atoms with Gasteiger partial charge < -0.3 is 9.52 Å². The van der Waals surface area contributed by atoms with Crippen molar-refractivity contribution >= 4 is 50.1 Å². The number of aliphatic hydroxyl groups is 1. The van der Waals surface area contributed by atoms with Crippen LogP contribution in [0, 0.1) is 0 Å². The predicted molar refractivity (Wildman–Crippen MR) is 89.0 cm³/mol. The molecule has 21 heavy (non-hydrogen) atoms. The van der Waals surface area contributed by atoms with Crippen molar-refractivity contribution in [3.8, 4) is 0 Å². The highest BCUT2D eigenvalue weighted by Gasteiger charge is 2.16. The second-order valence-electron chi connectivity index (χ2n) is 4.76. The molecule has 2 nitrogen and oxygen atoms in total. The van der Waals surface area contributed by atoms with Gasteiger partial charge in [0.15, 0.2) is 0 Å². The maximum Gasteiger partial charge on any atom is 0.148 e. The molecule has 0 amide bonds. The van der Waals surface area contributed by atoms with Gasteiger partial charge in [0, 0.05) is 21.9 Å². The molecule has 5 heteroatoms. The van der Waals surface area contributed by atoms with Gasteiger partial charge in [-0.15, -0.1) is 0 Å². The molecule has 3 rings (SSSR count). The van der Waals surface area contributed by atoms with Gasteiger partial charge in [0.25, 0.3) is 0 Å². The lowest BCUT2D eigenvalue weighted by Crippen LogP contribution is -2.00. The summed E-state index contributed by atoms with van der Waals surface area (Å²) in [5, 5.41) is 12.4. The maximum absolute atomic E-state index is 10.4. The third-order valence-electron chi connectivity index (χ3n) is 3.27. The Morgan fingerprint density at radius 3 is 2.67 bits per heavy atom. The van der Waals surface area contributed by atoms with Crippen LogP contribution in [0.25, 0.3) is 11.0 Å². The molecule has 3 aromatic rings. The monoisotopic (exact) mass is 384 g/mol. The summed E-state index contributed by atoms with van der Waals surface area (Å²) in [4.78, 5) is 0. The Morgan fingerprint density at radius 1 is 1.14 bits per heavy atom. The minimum absolute atomic E-state index is 0.368. The molecule has 0 aliphatic heterocycles. The number of aliphatic hydroxyl groups excluding tert-OH is 1. The fourth-order valence-corrected chi connectivity index (χ4v) is 3.16. The van der Waals surface area contributed by atoms with Gasteiger partial charge in [0.1, 0.15) is 17.4 Å². The van der Waals surface area contributed by atoms with E-state index in [1.807, 2.05) is 30.3 Å². The number of rotatable bonds is 3. The largest absolute Gasteiger partial charge is 0.457 e. The molecular formula is C16H11BrCl2O2. The van der Waals surface area contributed by atoms with Crippen molar-refractivity contribution in [1.82, 2.24) is 0 Å². The summed E-state index contributed by atoms with van der Waals surface area (Å²) in [6.45, 7) is 0. The van der Waals surface area contributed by atoms with Gasteiger partial charge in [0.05, 0.1) is 4.47 Å². The summed E-state index contributed by atoms with van der Waals surface area (Å²) in [5.74, 6) is 0.517. The zero-order valence-electron chi connectivity index (χ0n) is 10.8. The van der Waals surface area contributed by atoms with E-state index in [0.717, 1.165) is 21.0 Å². The molecule has 0 bridgehead atoms. The van der Waals surface area contributed by atoms with Gasteiger partial charge >= 0.3 is 0 Å². The van der Waals surface area contributed by atoms with Crippen LogP contribution in [0.15, 0.2) is 51.4 Å². The van der Waals surface area contributed by atoms with Crippen molar-refractivity contribution in [3.05, 3.63) is 68.3 Å². The molecule has 0 aliphatic rings. The van der Waals surface area contributed by atoms with Crippen LogP contribution in [0.3, 0.4) is 0 Å². The summed E-state index contributed by atoms with van der Waals surface area (Å²) in [6, 6.07) is 12.8. The van der Waals surface area contributed by atoms with Gasteiger partial charge in [-0.25, -0.2) is 0 Å². The van der Waals surface area contributed by atoms with Crippen LogP contribution in [0.4, 0.5) is 0 Å². The fourth-order valence-electron chi connectivity index (χ4n) is 2.21. The first kappa shape index (κ1) is 14.9. The average molecular weight is 386 g/mol. The quantitative estimate of drug-likeness (QED) is 0.619. The smallest absolute Gasteiger partial charge is 0.148 e. The molecule has 108 valence electrons. The lowest BCUT2D eigenvalue weighted by atomic mass is 10.1. The van der Waals surface area contributed by atoms with E-state index in [1.165, 1.54) is 0 Å². The van der Waals surface area contributed by atoms with Crippen LogP contribution in [-0.4, -0.2) is 5.11 Å². The van der Waals surface area contributed by atoms with E-state index in [4.69, 9.17) is 27.6 Å². The Kier molecular flexibility index (Phi) is 4.27. The van der Waals surface area contributed by atoms with E-state index >= 15 is 0 Å². The van der Waals surface area contributed by atoms with E-state index in [-0.39, 0.29) is 0 Å². The predicted octanol–water partition coefficient (Wildman–Crippen LogP) is 5.78. The number of furan rings is 1. The Morgan fingerprint density at radius 2 is 1.95 bits per heavy atom.